The molecule has 3 aliphatic carbocycles. The summed E-state index contributed by atoms with van der Waals surface area (Å²) in [5, 5.41) is 7.85. The van der Waals surface area contributed by atoms with E-state index in [1.54, 1.807) is 0 Å². The summed E-state index contributed by atoms with van der Waals surface area (Å²) >= 11 is 0. The highest BCUT2D eigenvalue weighted by Gasteiger charge is 2.59. The van der Waals surface area contributed by atoms with Crippen molar-refractivity contribution in [2.45, 2.75) is 10.8 Å². The topological polar surface area (TPSA) is 0 Å². The average molecular weight is 631 g/mol. The molecular weight excluding hydrogens is 601 g/mol. The molecule has 0 aromatic heterocycles. The molecule has 9 aromatic carbocycles. The molecule has 0 fully saturated rings. The molecule has 0 N–H and O–H groups in total. The molecule has 0 atom stereocenters. The second-order valence-corrected chi connectivity index (χ2v) is 14.3. The van der Waals surface area contributed by atoms with Gasteiger partial charge in [0.15, 0.2) is 0 Å². The Balaban J connectivity index is 1.39. The SMILES string of the molecule is c1ccc2c(c1)-c1ccccc1C21c2ccccc2C2(c3ccccc3-c3ccccc32)c2cc3c4ccccc4c4ccccc4c3cc21. The first-order valence-corrected chi connectivity index (χ1v) is 17.7. The molecule has 2 spiro atoms. The van der Waals surface area contributed by atoms with E-state index in [-0.39, 0.29) is 0 Å². The number of rotatable bonds is 0. The van der Waals surface area contributed by atoms with Crippen molar-refractivity contribution < 1.29 is 0 Å². The molecule has 50 heavy (non-hydrogen) atoms. The Morgan fingerprint density at radius 2 is 0.440 bits per heavy atom. The molecule has 0 unspecified atom stereocenters. The van der Waals surface area contributed by atoms with Gasteiger partial charge < -0.3 is 0 Å². The molecule has 0 heteroatoms. The number of hydrogen-bond donors (Lipinski definition) is 0. The zero-order chi connectivity index (χ0) is 32.6. The van der Waals surface area contributed by atoms with Gasteiger partial charge in [0.05, 0.1) is 10.8 Å². The number of hydrogen-bond acceptors (Lipinski definition) is 0. The van der Waals surface area contributed by atoms with Gasteiger partial charge >= 0.3 is 0 Å². The van der Waals surface area contributed by atoms with Crippen LogP contribution in [-0.2, 0) is 10.8 Å². The first-order chi connectivity index (χ1) is 24.8. The van der Waals surface area contributed by atoms with Crippen LogP contribution >= 0.6 is 0 Å². The summed E-state index contributed by atoms with van der Waals surface area (Å²) in [6.07, 6.45) is 0. The van der Waals surface area contributed by atoms with E-state index >= 15 is 0 Å². The third-order valence-corrected chi connectivity index (χ3v) is 12.3. The van der Waals surface area contributed by atoms with Gasteiger partial charge in [-0.3, -0.25) is 0 Å². The minimum absolute atomic E-state index is 0.488. The highest BCUT2D eigenvalue weighted by molar-refractivity contribution is 6.25. The fraction of sp³-hybridized carbons (Fsp3) is 0.0400. The average Bonchev–Trinajstić information content (AvgIpc) is 3.66. The van der Waals surface area contributed by atoms with Crippen LogP contribution in [0.4, 0.5) is 0 Å². The molecule has 0 saturated carbocycles. The van der Waals surface area contributed by atoms with Gasteiger partial charge in [-0.05, 0) is 111 Å². The Morgan fingerprint density at radius 3 is 0.760 bits per heavy atom. The summed E-state index contributed by atoms with van der Waals surface area (Å²) in [6, 6.07) is 69.3. The van der Waals surface area contributed by atoms with E-state index < -0.39 is 10.8 Å². The standard InChI is InChI=1S/C50H30/c1-3-17-33-31(15-1)32-16-2-4-18-34(32)40-30-48-47(29-39(33)40)49(41-23-9-5-19-35(41)36-20-6-10-24-42(36)49)45-27-13-14-28-46(45)50(48)43-25-11-7-21-37(43)38-22-8-12-26-44(38)50/h1-30H. The van der Waals surface area contributed by atoms with Gasteiger partial charge in [0.2, 0.25) is 0 Å². The predicted octanol–water partition coefficient (Wildman–Crippen LogP) is 12.2. The molecule has 0 heterocycles. The van der Waals surface area contributed by atoms with E-state index in [0.717, 1.165) is 0 Å². The lowest BCUT2D eigenvalue weighted by Gasteiger charge is -2.49. The van der Waals surface area contributed by atoms with Gasteiger partial charge in [0, 0.05) is 0 Å². The summed E-state index contributed by atoms with van der Waals surface area (Å²) in [5.74, 6) is 0. The van der Waals surface area contributed by atoms with Crippen molar-refractivity contribution in [2.24, 2.45) is 0 Å². The van der Waals surface area contributed by atoms with Crippen molar-refractivity contribution >= 4 is 32.3 Å². The third kappa shape index (κ3) is 2.90. The highest BCUT2D eigenvalue weighted by atomic mass is 14.6. The lowest BCUT2D eigenvalue weighted by molar-refractivity contribution is 0.634. The highest BCUT2D eigenvalue weighted by Crippen LogP contribution is 2.67. The zero-order valence-electron chi connectivity index (χ0n) is 27.3. The second-order valence-electron chi connectivity index (χ2n) is 14.3. The van der Waals surface area contributed by atoms with E-state index in [4.69, 9.17) is 0 Å². The minimum Gasteiger partial charge on any atom is -0.0619 e. The Kier molecular flexibility index (Phi) is 4.94. The van der Waals surface area contributed by atoms with Gasteiger partial charge in [0.1, 0.15) is 0 Å². The van der Waals surface area contributed by atoms with Gasteiger partial charge in [-0.25, -0.2) is 0 Å². The summed E-state index contributed by atoms with van der Waals surface area (Å²) < 4.78 is 0. The van der Waals surface area contributed by atoms with Crippen LogP contribution < -0.4 is 0 Å². The number of fused-ring (bicyclic) bond motifs is 22. The molecule has 0 saturated heterocycles. The van der Waals surface area contributed by atoms with E-state index in [9.17, 15) is 0 Å². The molecule has 0 bridgehead atoms. The molecule has 3 aliphatic rings. The summed E-state index contributed by atoms with van der Waals surface area (Å²) in [6.45, 7) is 0. The Bertz CT molecular complexity index is 2650. The first-order valence-electron chi connectivity index (χ1n) is 17.7. The zero-order valence-corrected chi connectivity index (χ0v) is 27.3. The second kappa shape index (κ2) is 9.26. The fourth-order valence-electron chi connectivity index (χ4n) is 10.6. The maximum atomic E-state index is 2.61. The molecule has 0 radical (unpaired) electrons. The van der Waals surface area contributed by atoms with E-state index in [1.807, 2.05) is 0 Å². The van der Waals surface area contributed by atoms with Gasteiger partial charge in [-0.1, -0.05) is 170 Å². The lowest BCUT2D eigenvalue weighted by atomic mass is 9.52. The smallest absolute Gasteiger partial charge is 0.0619 e. The molecule has 9 aromatic rings. The van der Waals surface area contributed by atoms with Crippen molar-refractivity contribution in [1.29, 1.82) is 0 Å². The van der Waals surface area contributed by atoms with Crippen LogP contribution in [0.5, 0.6) is 0 Å². The molecule has 0 amide bonds. The maximum Gasteiger partial charge on any atom is 0.0720 e. The lowest BCUT2D eigenvalue weighted by Crippen LogP contribution is -2.43. The Labute approximate surface area is 290 Å². The van der Waals surface area contributed by atoms with Crippen molar-refractivity contribution in [3.8, 4) is 22.3 Å². The predicted molar refractivity (Wildman–Crippen MR) is 207 cm³/mol. The van der Waals surface area contributed by atoms with Crippen LogP contribution in [0, 0.1) is 0 Å². The first kappa shape index (κ1) is 26.7. The van der Waals surface area contributed by atoms with Crippen LogP contribution in [0.2, 0.25) is 0 Å². The number of benzene rings is 9. The molecule has 0 aliphatic heterocycles. The van der Waals surface area contributed by atoms with Crippen LogP contribution in [0.1, 0.15) is 44.5 Å². The quantitative estimate of drug-likeness (QED) is 0.146. The van der Waals surface area contributed by atoms with E-state index in [0.29, 0.717) is 0 Å². The van der Waals surface area contributed by atoms with E-state index in [2.05, 4.69) is 182 Å². The van der Waals surface area contributed by atoms with Crippen LogP contribution in [0.3, 0.4) is 0 Å². The Hall–Kier alpha value is -6.24. The van der Waals surface area contributed by atoms with Crippen LogP contribution in [0.25, 0.3) is 54.6 Å². The van der Waals surface area contributed by atoms with Crippen LogP contribution in [0.15, 0.2) is 182 Å². The van der Waals surface area contributed by atoms with Crippen molar-refractivity contribution in [3.63, 3.8) is 0 Å². The Morgan fingerprint density at radius 1 is 0.200 bits per heavy atom. The fourth-order valence-corrected chi connectivity index (χ4v) is 10.6. The van der Waals surface area contributed by atoms with Crippen molar-refractivity contribution in [2.75, 3.05) is 0 Å². The molecule has 0 nitrogen and oxygen atoms in total. The monoisotopic (exact) mass is 630 g/mol. The van der Waals surface area contributed by atoms with Crippen LogP contribution in [-0.4, -0.2) is 0 Å². The normalized spacial score (nSPS) is 15.1. The van der Waals surface area contributed by atoms with Crippen molar-refractivity contribution in [1.82, 2.24) is 0 Å². The summed E-state index contributed by atoms with van der Waals surface area (Å²) in [7, 11) is 0. The molecule has 12 rings (SSSR count). The molecule has 230 valence electrons. The summed E-state index contributed by atoms with van der Waals surface area (Å²) in [5.41, 5.74) is 15.3. The minimum atomic E-state index is -0.488. The maximum absolute atomic E-state index is 2.61. The summed E-state index contributed by atoms with van der Waals surface area (Å²) in [4.78, 5) is 0. The van der Waals surface area contributed by atoms with Crippen molar-refractivity contribution in [3.05, 3.63) is 226 Å². The van der Waals surface area contributed by atoms with E-state index in [1.165, 1.54) is 99.1 Å². The van der Waals surface area contributed by atoms with Gasteiger partial charge in [-0.2, -0.15) is 0 Å². The van der Waals surface area contributed by atoms with Gasteiger partial charge in [0.25, 0.3) is 0 Å². The largest absolute Gasteiger partial charge is 0.0720 e. The third-order valence-electron chi connectivity index (χ3n) is 12.3. The van der Waals surface area contributed by atoms with Gasteiger partial charge in [-0.15, -0.1) is 0 Å². The molecular formula is C50H30.